The van der Waals surface area contributed by atoms with E-state index in [-0.39, 0.29) is 0 Å². The van der Waals surface area contributed by atoms with Gasteiger partial charge in [0.05, 0.1) is 12.1 Å². The maximum absolute atomic E-state index is 10.3. The Kier molecular flexibility index (Phi) is 4.34. The lowest BCUT2D eigenvalue weighted by molar-refractivity contribution is -0.131. The third-order valence-electron chi connectivity index (χ3n) is 2.01. The molecule has 1 rings (SSSR count). The number of methoxy groups -OCH3 is 1. The zero-order valence-electron chi connectivity index (χ0n) is 8.68. The zero-order chi connectivity index (χ0) is 12.1. The van der Waals surface area contributed by atoms with Crippen molar-refractivity contribution in [1.82, 2.24) is 0 Å². The van der Waals surface area contributed by atoms with Gasteiger partial charge in [-0.1, -0.05) is 23.7 Å². The highest BCUT2D eigenvalue weighted by atomic mass is 35.5. The van der Waals surface area contributed by atoms with Gasteiger partial charge >= 0.3 is 5.97 Å². The van der Waals surface area contributed by atoms with Crippen LogP contribution in [-0.4, -0.2) is 18.2 Å². The van der Waals surface area contributed by atoms with E-state index in [0.717, 1.165) is 11.6 Å². The molecule has 1 unspecified atom stereocenters. The number of nitrogens with two attached hydrogens (primary N) is 1. The number of rotatable bonds is 4. The van der Waals surface area contributed by atoms with Crippen LogP contribution in [0.3, 0.4) is 0 Å². The second-order valence-corrected chi connectivity index (χ2v) is 3.52. The van der Waals surface area contributed by atoms with Gasteiger partial charge in [-0.25, -0.2) is 4.79 Å². The Hall–Kier alpha value is -1.52. The van der Waals surface area contributed by atoms with Crippen LogP contribution in [0.25, 0.3) is 0 Å². The number of carboxylic acids is 1. The molecule has 0 amide bonds. The third kappa shape index (κ3) is 3.25. The van der Waals surface area contributed by atoms with Crippen molar-refractivity contribution in [2.24, 2.45) is 5.73 Å². The molecular weight excluding hydrogens is 230 g/mol. The third-order valence-corrected chi connectivity index (χ3v) is 2.30. The molecule has 16 heavy (non-hydrogen) atoms. The first-order chi connectivity index (χ1) is 7.54. The monoisotopic (exact) mass is 241 g/mol. The molecule has 0 bridgehead atoms. The first-order valence-electron chi connectivity index (χ1n) is 4.54. The molecule has 0 radical (unpaired) electrons. The minimum atomic E-state index is -1.03. The topological polar surface area (TPSA) is 72.5 Å². The quantitative estimate of drug-likeness (QED) is 0.791. The molecule has 0 aliphatic heterocycles. The lowest BCUT2D eigenvalue weighted by Crippen LogP contribution is -2.07. The number of carbonyl (C=O) groups is 1. The Bertz CT molecular complexity index is 418. The first kappa shape index (κ1) is 12.5. The van der Waals surface area contributed by atoms with E-state index in [1.165, 1.54) is 13.2 Å². The molecule has 0 heterocycles. The Labute approximate surface area is 98.3 Å². The van der Waals surface area contributed by atoms with Gasteiger partial charge in [-0.3, -0.25) is 0 Å². The Balaban J connectivity index is 2.88. The summed E-state index contributed by atoms with van der Waals surface area (Å²) in [5.41, 5.74) is 6.48. The Morgan fingerprint density at radius 2 is 2.31 bits per heavy atom. The molecule has 0 saturated carbocycles. The predicted octanol–water partition coefficient (Wildman–Crippen LogP) is 1.99. The van der Waals surface area contributed by atoms with Gasteiger partial charge in [0.25, 0.3) is 0 Å². The van der Waals surface area contributed by atoms with Crippen molar-refractivity contribution >= 4 is 17.6 Å². The second kappa shape index (κ2) is 5.53. The highest BCUT2D eigenvalue weighted by Gasteiger charge is 2.06. The summed E-state index contributed by atoms with van der Waals surface area (Å²) in [6, 6.07) is 4.57. The molecule has 0 aliphatic carbocycles. The zero-order valence-corrected chi connectivity index (χ0v) is 9.44. The maximum Gasteiger partial charge on any atom is 0.328 e. The lowest BCUT2D eigenvalue weighted by Gasteiger charge is -2.09. The van der Waals surface area contributed by atoms with E-state index in [4.69, 9.17) is 27.2 Å². The number of benzene rings is 1. The summed E-state index contributed by atoms with van der Waals surface area (Å²) < 4.78 is 4.99. The summed E-state index contributed by atoms with van der Waals surface area (Å²) in [5, 5.41) is 8.90. The van der Waals surface area contributed by atoms with Crippen molar-refractivity contribution in [3.63, 3.8) is 0 Å². The van der Waals surface area contributed by atoms with Crippen LogP contribution in [0.15, 0.2) is 30.4 Å². The van der Waals surface area contributed by atoms with Crippen LogP contribution in [0.2, 0.25) is 5.02 Å². The molecular formula is C11H12ClNO3. The molecule has 0 aliphatic rings. The van der Waals surface area contributed by atoms with Crippen molar-refractivity contribution in [1.29, 1.82) is 0 Å². The summed E-state index contributed by atoms with van der Waals surface area (Å²) in [5.74, 6) is -0.477. The van der Waals surface area contributed by atoms with Crippen LogP contribution in [-0.2, 0) is 4.79 Å². The van der Waals surface area contributed by atoms with E-state index in [1.54, 1.807) is 18.2 Å². The van der Waals surface area contributed by atoms with Crippen LogP contribution < -0.4 is 10.5 Å². The van der Waals surface area contributed by atoms with Gasteiger partial charge in [-0.2, -0.15) is 0 Å². The molecule has 1 aromatic carbocycles. The molecule has 0 aromatic heterocycles. The molecule has 3 N–H and O–H groups in total. The van der Waals surface area contributed by atoms with E-state index in [9.17, 15) is 4.79 Å². The van der Waals surface area contributed by atoms with Crippen LogP contribution in [0.1, 0.15) is 11.6 Å². The van der Waals surface area contributed by atoms with Crippen molar-refractivity contribution in [2.45, 2.75) is 6.04 Å². The van der Waals surface area contributed by atoms with Crippen molar-refractivity contribution in [3.05, 3.63) is 40.9 Å². The van der Waals surface area contributed by atoms with Gasteiger partial charge in [-0.15, -0.1) is 0 Å². The maximum atomic E-state index is 10.3. The standard InChI is InChI=1S/C11H12ClNO3/c1-16-10-4-2-7(6-8(10)12)9(13)3-5-11(14)15/h2-6,9H,13H2,1H3,(H,14,15)/b5-3+. The normalized spacial score (nSPS) is 12.7. The van der Waals surface area contributed by atoms with Gasteiger partial charge < -0.3 is 15.6 Å². The number of halogens is 1. The van der Waals surface area contributed by atoms with E-state index < -0.39 is 12.0 Å². The molecule has 0 spiro atoms. The van der Waals surface area contributed by atoms with E-state index in [2.05, 4.69) is 0 Å². The summed E-state index contributed by atoms with van der Waals surface area (Å²) in [6.07, 6.45) is 2.39. The first-order valence-corrected chi connectivity index (χ1v) is 4.92. The van der Waals surface area contributed by atoms with Crippen LogP contribution in [0, 0.1) is 0 Å². The molecule has 5 heteroatoms. The number of hydrogen-bond donors (Lipinski definition) is 2. The van der Waals surface area contributed by atoms with Crippen molar-refractivity contribution < 1.29 is 14.6 Å². The largest absolute Gasteiger partial charge is 0.495 e. The minimum Gasteiger partial charge on any atom is -0.495 e. The van der Waals surface area contributed by atoms with Crippen molar-refractivity contribution in [2.75, 3.05) is 7.11 Å². The Morgan fingerprint density at radius 3 is 2.81 bits per heavy atom. The van der Waals surface area contributed by atoms with Crippen LogP contribution >= 0.6 is 11.6 Å². The molecule has 1 aromatic rings. The Morgan fingerprint density at radius 1 is 1.62 bits per heavy atom. The fraction of sp³-hybridized carbons (Fsp3) is 0.182. The molecule has 0 fully saturated rings. The van der Waals surface area contributed by atoms with Gasteiger partial charge in [0.2, 0.25) is 0 Å². The second-order valence-electron chi connectivity index (χ2n) is 3.12. The fourth-order valence-electron chi connectivity index (χ4n) is 1.19. The van der Waals surface area contributed by atoms with Gasteiger partial charge in [0, 0.05) is 12.1 Å². The molecule has 86 valence electrons. The number of ether oxygens (including phenoxy) is 1. The molecule has 0 saturated heterocycles. The number of carboxylic acid groups (broad SMARTS) is 1. The summed E-state index contributed by atoms with van der Waals surface area (Å²) in [4.78, 5) is 10.3. The number of aliphatic carboxylic acids is 1. The number of hydrogen-bond acceptors (Lipinski definition) is 3. The van der Waals surface area contributed by atoms with Crippen molar-refractivity contribution in [3.8, 4) is 5.75 Å². The SMILES string of the molecule is COc1ccc(C(N)/C=C/C(=O)O)cc1Cl. The summed E-state index contributed by atoms with van der Waals surface area (Å²) >= 11 is 5.92. The summed E-state index contributed by atoms with van der Waals surface area (Å²) in [7, 11) is 1.52. The highest BCUT2D eigenvalue weighted by Crippen LogP contribution is 2.27. The average molecular weight is 242 g/mol. The average Bonchev–Trinajstić information content (AvgIpc) is 2.25. The lowest BCUT2D eigenvalue weighted by atomic mass is 10.1. The van der Waals surface area contributed by atoms with Gasteiger partial charge in [0.1, 0.15) is 5.75 Å². The molecule has 1 atom stereocenters. The highest BCUT2D eigenvalue weighted by molar-refractivity contribution is 6.32. The van der Waals surface area contributed by atoms with Crippen LogP contribution in [0.5, 0.6) is 5.75 Å². The van der Waals surface area contributed by atoms with E-state index in [1.807, 2.05) is 0 Å². The minimum absolute atomic E-state index is 0.444. The summed E-state index contributed by atoms with van der Waals surface area (Å²) in [6.45, 7) is 0. The molecule has 4 nitrogen and oxygen atoms in total. The van der Waals surface area contributed by atoms with E-state index in [0.29, 0.717) is 10.8 Å². The fourth-order valence-corrected chi connectivity index (χ4v) is 1.45. The van der Waals surface area contributed by atoms with Gasteiger partial charge in [0.15, 0.2) is 0 Å². The van der Waals surface area contributed by atoms with Crippen LogP contribution in [0.4, 0.5) is 0 Å². The van der Waals surface area contributed by atoms with Gasteiger partial charge in [-0.05, 0) is 17.7 Å². The predicted molar refractivity (Wildman–Crippen MR) is 61.7 cm³/mol. The smallest absolute Gasteiger partial charge is 0.328 e. The van der Waals surface area contributed by atoms with E-state index >= 15 is 0 Å².